The van der Waals surface area contributed by atoms with E-state index in [4.69, 9.17) is 0 Å². The quantitative estimate of drug-likeness (QED) is 0.698. The Kier molecular flexibility index (Phi) is 5.51. The molecule has 0 aromatic carbocycles. The van der Waals surface area contributed by atoms with Gasteiger partial charge in [-0.25, -0.2) is 0 Å². The van der Waals surface area contributed by atoms with Gasteiger partial charge in [0.25, 0.3) is 0 Å². The summed E-state index contributed by atoms with van der Waals surface area (Å²) in [5.41, 5.74) is 2.00. The van der Waals surface area contributed by atoms with Gasteiger partial charge in [0.15, 0.2) is 0 Å². The number of aromatic nitrogens is 1. The zero-order chi connectivity index (χ0) is 20.9. The van der Waals surface area contributed by atoms with Gasteiger partial charge in [0.05, 0.1) is 12.2 Å². The van der Waals surface area contributed by atoms with E-state index in [1.807, 2.05) is 18.5 Å². The van der Waals surface area contributed by atoms with Gasteiger partial charge in [-0.1, -0.05) is 19.9 Å². The molecule has 1 aromatic heterocycles. The molecule has 0 amide bonds. The van der Waals surface area contributed by atoms with Crippen LogP contribution < -0.4 is 0 Å². The van der Waals surface area contributed by atoms with Crippen LogP contribution in [-0.4, -0.2) is 27.4 Å². The molecule has 0 spiro atoms. The first-order valence-corrected chi connectivity index (χ1v) is 12.7. The summed E-state index contributed by atoms with van der Waals surface area (Å²) in [6.45, 7) is 5.09. The molecule has 4 saturated carbocycles. The first kappa shape index (κ1) is 20.9. The molecule has 2 N–H and O–H groups in total. The van der Waals surface area contributed by atoms with Crippen molar-refractivity contribution in [2.24, 2.45) is 40.4 Å². The summed E-state index contributed by atoms with van der Waals surface area (Å²) in [7, 11) is 0. The number of hydrogen-bond donors (Lipinski definition) is 2. The number of pyridine rings is 1. The summed E-state index contributed by atoms with van der Waals surface area (Å²) in [5.74, 6) is 3.66. The van der Waals surface area contributed by atoms with Crippen molar-refractivity contribution in [2.75, 3.05) is 0 Å². The predicted octanol–water partition coefficient (Wildman–Crippen LogP) is 5.39. The Morgan fingerprint density at radius 3 is 2.63 bits per heavy atom. The Morgan fingerprint density at radius 2 is 1.83 bits per heavy atom. The first-order valence-electron chi connectivity index (χ1n) is 12.7. The van der Waals surface area contributed by atoms with Crippen molar-refractivity contribution >= 4 is 0 Å². The second kappa shape index (κ2) is 7.89. The van der Waals surface area contributed by atoms with Crippen LogP contribution in [0.4, 0.5) is 0 Å². The van der Waals surface area contributed by atoms with Gasteiger partial charge < -0.3 is 10.2 Å². The number of fused-ring (bicyclic) bond motifs is 5. The summed E-state index contributed by atoms with van der Waals surface area (Å²) >= 11 is 0. The highest BCUT2D eigenvalue weighted by Gasteiger charge is 2.60. The van der Waals surface area contributed by atoms with Crippen molar-refractivity contribution in [1.29, 1.82) is 0 Å². The van der Waals surface area contributed by atoms with Crippen LogP contribution >= 0.6 is 0 Å². The molecule has 1 aromatic rings. The van der Waals surface area contributed by atoms with Crippen LogP contribution in [-0.2, 0) is 6.42 Å². The summed E-state index contributed by atoms with van der Waals surface area (Å²) < 4.78 is 0. The lowest BCUT2D eigenvalue weighted by molar-refractivity contribution is -0.133. The maximum absolute atomic E-state index is 11.2. The summed E-state index contributed by atoms with van der Waals surface area (Å²) in [5, 5.41) is 21.5. The number of aryl methyl sites for hydroxylation is 1. The molecule has 4 aliphatic carbocycles. The van der Waals surface area contributed by atoms with E-state index in [0.29, 0.717) is 16.7 Å². The van der Waals surface area contributed by atoms with Crippen LogP contribution in [0.25, 0.3) is 0 Å². The molecule has 3 nitrogen and oxygen atoms in total. The van der Waals surface area contributed by atoms with Crippen molar-refractivity contribution in [2.45, 2.75) is 96.7 Å². The van der Waals surface area contributed by atoms with E-state index in [1.54, 1.807) is 0 Å². The van der Waals surface area contributed by atoms with Crippen molar-refractivity contribution in [3.05, 3.63) is 30.1 Å². The average molecular weight is 412 g/mol. The summed E-state index contributed by atoms with van der Waals surface area (Å²) in [6, 6.07) is 4.13. The number of nitrogens with zero attached hydrogens (tertiary/aromatic N) is 1. The zero-order valence-corrected chi connectivity index (χ0v) is 19.0. The van der Waals surface area contributed by atoms with E-state index in [9.17, 15) is 10.2 Å². The Balaban J connectivity index is 1.29. The molecular formula is C27H41NO2. The molecule has 1 heterocycles. The van der Waals surface area contributed by atoms with E-state index in [1.165, 1.54) is 50.5 Å². The second-order valence-electron chi connectivity index (χ2n) is 11.8. The first-order chi connectivity index (χ1) is 14.4. The van der Waals surface area contributed by atoms with Crippen LogP contribution in [0, 0.1) is 40.4 Å². The second-order valence-corrected chi connectivity index (χ2v) is 11.8. The maximum atomic E-state index is 11.2. The lowest BCUT2D eigenvalue weighted by atomic mass is 9.44. The summed E-state index contributed by atoms with van der Waals surface area (Å²) in [4.78, 5) is 4.23. The Hall–Kier alpha value is -0.930. The fourth-order valence-electron chi connectivity index (χ4n) is 8.97. The van der Waals surface area contributed by atoms with Gasteiger partial charge in [-0.3, -0.25) is 4.98 Å². The Bertz CT molecular complexity index is 738. The topological polar surface area (TPSA) is 53.4 Å². The van der Waals surface area contributed by atoms with Gasteiger partial charge in [-0.15, -0.1) is 0 Å². The maximum Gasteiger partial charge on any atom is 0.0576 e. The van der Waals surface area contributed by atoms with E-state index < -0.39 is 0 Å². The van der Waals surface area contributed by atoms with E-state index in [2.05, 4.69) is 24.9 Å². The monoisotopic (exact) mass is 411 g/mol. The van der Waals surface area contributed by atoms with E-state index >= 15 is 0 Å². The molecule has 4 fully saturated rings. The molecule has 0 radical (unpaired) electrons. The normalized spacial score (nSPS) is 46.5. The number of aliphatic hydroxyl groups excluding tert-OH is 2. The Labute approximate surface area is 182 Å². The lowest BCUT2D eigenvalue weighted by Gasteiger charge is -2.61. The van der Waals surface area contributed by atoms with Crippen molar-refractivity contribution in [3.8, 4) is 0 Å². The Morgan fingerprint density at radius 1 is 1.03 bits per heavy atom. The van der Waals surface area contributed by atoms with Crippen LogP contribution in [0.15, 0.2) is 24.5 Å². The van der Waals surface area contributed by atoms with Crippen molar-refractivity contribution in [1.82, 2.24) is 4.98 Å². The van der Waals surface area contributed by atoms with E-state index in [-0.39, 0.29) is 12.2 Å². The van der Waals surface area contributed by atoms with Crippen LogP contribution in [0.1, 0.15) is 83.6 Å². The van der Waals surface area contributed by atoms with Gasteiger partial charge in [0, 0.05) is 12.4 Å². The standard InChI is InChI=1S/C27H41NO2/c1-26-13-11-20(29)16-19(26)6-7-21-22-8-9-24(27(22,2)14-12-23(21)26)25(30)10-5-18-4-3-15-28-17-18/h3-4,15,17,19-25,29-30H,5-14,16H2,1-2H3/t19?,20-,21-,22?,23?,24?,25+,26-,27-/m0/s1. The molecule has 30 heavy (non-hydrogen) atoms. The smallest absolute Gasteiger partial charge is 0.0576 e. The highest BCUT2D eigenvalue weighted by atomic mass is 16.3. The lowest BCUT2D eigenvalue weighted by Crippen LogP contribution is -2.54. The molecule has 4 unspecified atom stereocenters. The third-order valence-corrected chi connectivity index (χ3v) is 10.6. The van der Waals surface area contributed by atoms with Crippen LogP contribution in [0.5, 0.6) is 0 Å². The van der Waals surface area contributed by atoms with Crippen LogP contribution in [0.2, 0.25) is 0 Å². The molecule has 9 atom stereocenters. The molecule has 4 aliphatic rings. The number of rotatable bonds is 4. The minimum Gasteiger partial charge on any atom is -0.393 e. The molecule has 3 heteroatoms. The number of aliphatic hydroxyl groups is 2. The fourth-order valence-corrected chi connectivity index (χ4v) is 8.97. The highest BCUT2D eigenvalue weighted by Crippen LogP contribution is 2.67. The molecule has 166 valence electrons. The van der Waals surface area contributed by atoms with Gasteiger partial charge in [0.1, 0.15) is 0 Å². The molecule has 0 saturated heterocycles. The van der Waals surface area contributed by atoms with Crippen molar-refractivity contribution in [3.63, 3.8) is 0 Å². The molecule has 0 aliphatic heterocycles. The minimum absolute atomic E-state index is 0.0562. The van der Waals surface area contributed by atoms with Gasteiger partial charge in [-0.05, 0) is 123 Å². The fraction of sp³-hybridized carbons (Fsp3) is 0.815. The molecular weight excluding hydrogens is 370 g/mol. The SMILES string of the molecule is C[C@]12CC[C@H](O)CC1CC[C@@H]1C2CC[C@@]2(C)C1CCC2[C@H](O)CCc1cccnc1. The van der Waals surface area contributed by atoms with Crippen LogP contribution in [0.3, 0.4) is 0 Å². The zero-order valence-electron chi connectivity index (χ0n) is 19.0. The average Bonchev–Trinajstić information content (AvgIpc) is 3.10. The van der Waals surface area contributed by atoms with Gasteiger partial charge in [0.2, 0.25) is 0 Å². The highest BCUT2D eigenvalue weighted by molar-refractivity contribution is 5.12. The van der Waals surface area contributed by atoms with Gasteiger partial charge in [-0.2, -0.15) is 0 Å². The van der Waals surface area contributed by atoms with E-state index in [0.717, 1.165) is 49.4 Å². The van der Waals surface area contributed by atoms with Crippen molar-refractivity contribution < 1.29 is 10.2 Å². The summed E-state index contributed by atoms with van der Waals surface area (Å²) in [6.07, 6.45) is 16.4. The number of hydrogen-bond acceptors (Lipinski definition) is 3. The minimum atomic E-state index is -0.187. The molecule has 5 rings (SSSR count). The predicted molar refractivity (Wildman–Crippen MR) is 120 cm³/mol. The third-order valence-electron chi connectivity index (χ3n) is 10.6. The largest absolute Gasteiger partial charge is 0.393 e. The molecule has 0 bridgehead atoms. The van der Waals surface area contributed by atoms with Gasteiger partial charge >= 0.3 is 0 Å². The third kappa shape index (κ3) is 3.35.